The smallest absolute Gasteiger partial charge is 0.434 e. The van der Waals surface area contributed by atoms with Crippen molar-refractivity contribution < 1.29 is 22.7 Å². The molecular weight excluding hydrogens is 279 g/mol. The van der Waals surface area contributed by atoms with Gasteiger partial charge in [0.25, 0.3) is 0 Å². The maximum Gasteiger partial charge on any atom is 0.434 e. The predicted octanol–water partition coefficient (Wildman–Crippen LogP) is 3.18. The summed E-state index contributed by atoms with van der Waals surface area (Å²) in [6.07, 6.45) is -1.07. The number of alkyl halides is 3. The molecule has 0 aliphatic rings. The third-order valence-electron chi connectivity index (χ3n) is 2.30. The summed E-state index contributed by atoms with van der Waals surface area (Å²) in [6, 6.07) is 1.21. The number of hydrogen-bond donors (Lipinski definition) is 0. The Bertz CT molecular complexity index is 449. The summed E-state index contributed by atoms with van der Waals surface area (Å²) in [5.74, 6) is -0.247. The van der Waals surface area contributed by atoms with E-state index in [0.29, 0.717) is 12.0 Å². The fraction of sp³-hybridized carbons (Fsp3) is 0.500. The molecule has 3 nitrogen and oxygen atoms in total. The Kier molecular flexibility index (Phi) is 5.65. The molecule has 0 aliphatic heterocycles. The van der Waals surface area contributed by atoms with Crippen LogP contribution in [-0.2, 0) is 17.3 Å². The van der Waals surface area contributed by atoms with Gasteiger partial charge in [-0.15, -0.1) is 0 Å². The first-order chi connectivity index (χ1) is 8.90. The Morgan fingerprint density at radius 2 is 2.16 bits per heavy atom. The van der Waals surface area contributed by atoms with E-state index in [4.69, 9.17) is 0 Å². The molecule has 0 saturated carbocycles. The third-order valence-corrected chi connectivity index (χ3v) is 2.92. The zero-order chi connectivity index (χ0) is 14.5. The van der Waals surface area contributed by atoms with Gasteiger partial charge in [0, 0.05) is 6.20 Å². The molecule has 0 fully saturated rings. The first-order valence-electron chi connectivity index (χ1n) is 5.62. The van der Waals surface area contributed by atoms with Gasteiger partial charge in [0.2, 0.25) is 0 Å². The molecule has 106 valence electrons. The number of rotatable bonds is 5. The molecule has 0 aromatic carbocycles. The number of thioether (sulfide) groups is 1. The van der Waals surface area contributed by atoms with E-state index in [0.717, 1.165) is 11.9 Å². The molecule has 1 rings (SSSR count). The van der Waals surface area contributed by atoms with Crippen LogP contribution in [0.3, 0.4) is 0 Å². The molecule has 0 spiro atoms. The number of aromatic nitrogens is 1. The normalized spacial score (nSPS) is 11.4. The highest BCUT2D eigenvalue weighted by molar-refractivity contribution is 7.98. The van der Waals surface area contributed by atoms with Gasteiger partial charge in [0.05, 0.1) is 12.2 Å². The minimum absolute atomic E-state index is 0.0190. The van der Waals surface area contributed by atoms with E-state index in [1.807, 2.05) is 6.26 Å². The molecule has 1 heterocycles. The second-order valence-electron chi connectivity index (χ2n) is 3.70. The molecule has 0 atom stereocenters. The molecular formula is C12H14F3NO2S. The van der Waals surface area contributed by atoms with Gasteiger partial charge in [-0.1, -0.05) is 0 Å². The summed E-state index contributed by atoms with van der Waals surface area (Å²) in [5, 5.41) is 0. The van der Waals surface area contributed by atoms with E-state index in [9.17, 15) is 18.0 Å². The zero-order valence-corrected chi connectivity index (χ0v) is 11.4. The van der Waals surface area contributed by atoms with Crippen molar-refractivity contribution in [3.05, 3.63) is 29.1 Å². The van der Waals surface area contributed by atoms with Gasteiger partial charge in [-0.25, -0.2) is 4.79 Å². The quantitative estimate of drug-likeness (QED) is 0.782. The van der Waals surface area contributed by atoms with Crippen molar-refractivity contribution >= 4 is 17.7 Å². The summed E-state index contributed by atoms with van der Waals surface area (Å²) < 4.78 is 42.9. The molecule has 7 heteroatoms. The minimum atomic E-state index is -4.67. The highest BCUT2D eigenvalue weighted by atomic mass is 32.2. The lowest BCUT2D eigenvalue weighted by atomic mass is 10.1. The van der Waals surface area contributed by atoms with Gasteiger partial charge >= 0.3 is 12.1 Å². The lowest BCUT2D eigenvalue weighted by molar-refractivity contribution is -0.141. The maximum atomic E-state index is 12.8. The predicted molar refractivity (Wildman–Crippen MR) is 67.3 cm³/mol. The van der Waals surface area contributed by atoms with Crippen LogP contribution >= 0.6 is 11.8 Å². The molecule has 0 bridgehead atoms. The monoisotopic (exact) mass is 293 g/mol. The highest BCUT2D eigenvalue weighted by Gasteiger charge is 2.37. The molecule has 0 saturated heterocycles. The van der Waals surface area contributed by atoms with Crippen molar-refractivity contribution in [3.8, 4) is 0 Å². The fourth-order valence-corrected chi connectivity index (χ4v) is 1.89. The number of ether oxygens (including phenoxy) is 1. The average Bonchev–Trinajstić information content (AvgIpc) is 2.35. The number of carbonyl (C=O) groups is 1. The molecule has 0 N–H and O–H groups in total. The number of pyridine rings is 1. The Labute approximate surface area is 113 Å². The molecule has 1 aromatic rings. The Morgan fingerprint density at radius 3 is 2.68 bits per heavy atom. The van der Waals surface area contributed by atoms with Gasteiger partial charge in [-0.05, 0) is 37.0 Å². The molecule has 1 aromatic heterocycles. The largest absolute Gasteiger partial charge is 0.462 e. The van der Waals surface area contributed by atoms with E-state index in [1.54, 1.807) is 11.8 Å². The van der Waals surface area contributed by atoms with E-state index >= 15 is 0 Å². The van der Waals surface area contributed by atoms with E-state index in [1.165, 1.54) is 13.0 Å². The van der Waals surface area contributed by atoms with E-state index in [-0.39, 0.29) is 6.61 Å². The third kappa shape index (κ3) is 4.41. The fourth-order valence-electron chi connectivity index (χ4n) is 1.45. The van der Waals surface area contributed by atoms with Crippen molar-refractivity contribution in [3.63, 3.8) is 0 Å². The van der Waals surface area contributed by atoms with Crippen LogP contribution in [0.15, 0.2) is 12.3 Å². The van der Waals surface area contributed by atoms with Crippen LogP contribution in [0.5, 0.6) is 0 Å². The second-order valence-corrected chi connectivity index (χ2v) is 4.69. The first kappa shape index (κ1) is 15.8. The van der Waals surface area contributed by atoms with E-state index < -0.39 is 23.4 Å². The average molecular weight is 293 g/mol. The minimum Gasteiger partial charge on any atom is -0.462 e. The number of hydrogen-bond acceptors (Lipinski definition) is 4. The highest BCUT2D eigenvalue weighted by Crippen LogP contribution is 2.31. The summed E-state index contributed by atoms with van der Waals surface area (Å²) in [4.78, 5) is 14.9. The lowest BCUT2D eigenvalue weighted by Crippen LogP contribution is -2.18. The van der Waals surface area contributed by atoms with Crippen LogP contribution in [-0.4, -0.2) is 29.6 Å². The molecule has 0 radical (unpaired) electrons. The Hall–Kier alpha value is -1.24. The van der Waals surface area contributed by atoms with Crippen molar-refractivity contribution in [1.29, 1.82) is 0 Å². The van der Waals surface area contributed by atoms with Crippen LogP contribution in [0.4, 0.5) is 13.2 Å². The number of aryl methyl sites for hydroxylation is 1. The van der Waals surface area contributed by atoms with Crippen LogP contribution in [0.2, 0.25) is 0 Å². The molecule has 0 amide bonds. The summed E-state index contributed by atoms with van der Waals surface area (Å²) in [5.41, 5.74) is -1.13. The van der Waals surface area contributed by atoms with Crippen LogP contribution < -0.4 is 0 Å². The Balaban J connectivity index is 3.15. The van der Waals surface area contributed by atoms with Crippen molar-refractivity contribution in [1.82, 2.24) is 4.98 Å². The number of esters is 1. The summed E-state index contributed by atoms with van der Waals surface area (Å²) in [7, 11) is 0. The van der Waals surface area contributed by atoms with Crippen molar-refractivity contribution in [2.75, 3.05) is 18.6 Å². The van der Waals surface area contributed by atoms with Crippen LogP contribution in [0.1, 0.15) is 28.5 Å². The number of nitrogens with zero attached hydrogens (tertiary/aromatic N) is 1. The molecule has 0 unspecified atom stereocenters. The lowest BCUT2D eigenvalue weighted by Gasteiger charge is -2.12. The van der Waals surface area contributed by atoms with Gasteiger partial charge in [0.15, 0.2) is 5.69 Å². The van der Waals surface area contributed by atoms with E-state index in [2.05, 4.69) is 9.72 Å². The van der Waals surface area contributed by atoms with Crippen LogP contribution in [0, 0.1) is 0 Å². The first-order valence-corrected chi connectivity index (χ1v) is 7.01. The van der Waals surface area contributed by atoms with Gasteiger partial charge in [0.1, 0.15) is 0 Å². The van der Waals surface area contributed by atoms with Gasteiger partial charge in [-0.2, -0.15) is 24.9 Å². The topological polar surface area (TPSA) is 39.2 Å². The number of halogens is 3. The van der Waals surface area contributed by atoms with Crippen molar-refractivity contribution in [2.24, 2.45) is 0 Å². The standard InChI is InChI=1S/C12H14F3NO2S/c1-3-18-11(17)9-6-8(4-5-19-2)7-16-10(9)12(13,14)15/h6-7H,3-5H2,1-2H3. The van der Waals surface area contributed by atoms with Gasteiger partial charge < -0.3 is 4.74 Å². The van der Waals surface area contributed by atoms with Crippen LogP contribution in [0.25, 0.3) is 0 Å². The maximum absolute atomic E-state index is 12.8. The summed E-state index contributed by atoms with van der Waals surface area (Å²) >= 11 is 1.56. The van der Waals surface area contributed by atoms with Crippen molar-refractivity contribution in [2.45, 2.75) is 19.5 Å². The SMILES string of the molecule is CCOC(=O)c1cc(CCSC)cnc1C(F)(F)F. The second kappa shape index (κ2) is 6.79. The Morgan fingerprint density at radius 1 is 1.47 bits per heavy atom. The number of carbonyl (C=O) groups excluding carboxylic acids is 1. The van der Waals surface area contributed by atoms with Gasteiger partial charge in [-0.3, -0.25) is 4.98 Å². The molecule has 0 aliphatic carbocycles. The zero-order valence-electron chi connectivity index (χ0n) is 10.6. The molecule has 19 heavy (non-hydrogen) atoms. The summed E-state index contributed by atoms with van der Waals surface area (Å²) in [6.45, 7) is 1.56.